The van der Waals surface area contributed by atoms with Crippen molar-refractivity contribution >= 4 is 11.8 Å². The van der Waals surface area contributed by atoms with Gasteiger partial charge in [-0.15, -0.1) is 0 Å². The van der Waals surface area contributed by atoms with Gasteiger partial charge in [-0.3, -0.25) is 9.59 Å². The van der Waals surface area contributed by atoms with Gasteiger partial charge in [0.25, 0.3) is 0 Å². The van der Waals surface area contributed by atoms with E-state index in [-0.39, 0.29) is 24.3 Å². The van der Waals surface area contributed by atoms with E-state index in [4.69, 9.17) is 0 Å². The van der Waals surface area contributed by atoms with E-state index in [1.165, 1.54) is 6.92 Å². The molecule has 1 heterocycles. The van der Waals surface area contributed by atoms with Crippen LogP contribution in [0.3, 0.4) is 0 Å². The Morgan fingerprint density at radius 1 is 1.29 bits per heavy atom. The van der Waals surface area contributed by atoms with Gasteiger partial charge in [-0.05, 0) is 25.7 Å². The first-order valence-electron chi connectivity index (χ1n) is 8.17. The molecular formula is C16H30N2O3. The summed E-state index contributed by atoms with van der Waals surface area (Å²) < 4.78 is 0. The van der Waals surface area contributed by atoms with E-state index in [0.29, 0.717) is 19.4 Å². The Morgan fingerprint density at radius 3 is 2.43 bits per heavy atom. The Labute approximate surface area is 128 Å². The van der Waals surface area contributed by atoms with E-state index in [1.807, 2.05) is 13.8 Å². The van der Waals surface area contributed by atoms with Crippen molar-refractivity contribution < 1.29 is 14.7 Å². The van der Waals surface area contributed by atoms with Crippen LogP contribution in [0.1, 0.15) is 65.7 Å². The van der Waals surface area contributed by atoms with E-state index in [9.17, 15) is 14.7 Å². The normalized spacial score (nSPS) is 19.4. The molecule has 0 saturated carbocycles. The molecule has 2 N–H and O–H groups in total. The van der Waals surface area contributed by atoms with Crippen molar-refractivity contribution in [3.63, 3.8) is 0 Å². The molecule has 1 saturated heterocycles. The minimum atomic E-state index is -0.873. The molecule has 0 radical (unpaired) electrons. The summed E-state index contributed by atoms with van der Waals surface area (Å²) in [5.41, 5.74) is -0.873. The number of amides is 2. The quantitative estimate of drug-likeness (QED) is 0.753. The first kappa shape index (κ1) is 18.0. The molecule has 1 aliphatic rings. The molecule has 1 aliphatic heterocycles. The Balaban J connectivity index is 2.58. The van der Waals surface area contributed by atoms with Gasteiger partial charge in [0.05, 0.1) is 12.0 Å². The molecule has 0 aromatic rings. The highest BCUT2D eigenvalue weighted by atomic mass is 16.3. The van der Waals surface area contributed by atoms with Crippen molar-refractivity contribution in [1.82, 2.24) is 10.2 Å². The lowest BCUT2D eigenvalue weighted by Gasteiger charge is -2.35. The lowest BCUT2D eigenvalue weighted by molar-refractivity contribution is -0.139. The Bertz CT molecular complexity index is 351. The molecule has 0 aromatic heterocycles. The van der Waals surface area contributed by atoms with Gasteiger partial charge in [0.15, 0.2) is 0 Å². The molecule has 0 bridgehead atoms. The van der Waals surface area contributed by atoms with Crippen LogP contribution in [0.4, 0.5) is 0 Å². The maximum Gasteiger partial charge on any atom is 0.225 e. The van der Waals surface area contributed by atoms with Crippen molar-refractivity contribution in [2.75, 3.05) is 13.1 Å². The number of carbonyl (C=O) groups excluding carboxylic acids is 2. The topological polar surface area (TPSA) is 69.6 Å². The van der Waals surface area contributed by atoms with Crippen LogP contribution >= 0.6 is 0 Å². The minimum Gasteiger partial charge on any atom is -0.389 e. The molecule has 0 aromatic carbocycles. The van der Waals surface area contributed by atoms with Gasteiger partial charge in [0.1, 0.15) is 0 Å². The molecule has 2 amide bonds. The lowest BCUT2D eigenvalue weighted by atomic mass is 9.88. The molecule has 5 heteroatoms. The molecule has 1 atom stereocenters. The Morgan fingerprint density at radius 2 is 1.90 bits per heavy atom. The molecule has 0 spiro atoms. The standard InChI is InChI=1S/C16H30N2O3/c1-4-8-16(21,9-5-2)11-15(20)18-10-6-7-14(12-18)17-13(3)19/h14,21H,4-12H2,1-3H3,(H,17,19). The largest absolute Gasteiger partial charge is 0.389 e. The Hall–Kier alpha value is -1.10. The summed E-state index contributed by atoms with van der Waals surface area (Å²) in [5, 5.41) is 13.5. The van der Waals surface area contributed by atoms with Gasteiger partial charge < -0.3 is 15.3 Å². The fourth-order valence-corrected chi connectivity index (χ4v) is 3.23. The fourth-order valence-electron chi connectivity index (χ4n) is 3.23. The molecular weight excluding hydrogens is 268 g/mol. The van der Waals surface area contributed by atoms with Crippen molar-refractivity contribution in [3.8, 4) is 0 Å². The smallest absolute Gasteiger partial charge is 0.225 e. The molecule has 21 heavy (non-hydrogen) atoms. The number of hydrogen-bond acceptors (Lipinski definition) is 3. The summed E-state index contributed by atoms with van der Waals surface area (Å²) in [6.45, 7) is 6.84. The van der Waals surface area contributed by atoms with E-state index in [2.05, 4.69) is 5.32 Å². The first-order chi connectivity index (χ1) is 9.90. The van der Waals surface area contributed by atoms with Gasteiger partial charge >= 0.3 is 0 Å². The van der Waals surface area contributed by atoms with Crippen LogP contribution in [0.5, 0.6) is 0 Å². The van der Waals surface area contributed by atoms with Crippen molar-refractivity contribution in [2.24, 2.45) is 0 Å². The lowest BCUT2D eigenvalue weighted by Crippen LogP contribution is -2.50. The number of nitrogens with zero attached hydrogens (tertiary/aromatic N) is 1. The second kappa shape index (κ2) is 8.37. The average Bonchev–Trinajstić information content (AvgIpc) is 2.38. The zero-order valence-corrected chi connectivity index (χ0v) is 13.7. The van der Waals surface area contributed by atoms with Gasteiger partial charge in [-0.1, -0.05) is 26.7 Å². The first-order valence-corrected chi connectivity index (χ1v) is 8.17. The van der Waals surface area contributed by atoms with E-state index < -0.39 is 5.60 Å². The zero-order chi connectivity index (χ0) is 15.9. The highest BCUT2D eigenvalue weighted by Crippen LogP contribution is 2.25. The Kier molecular flexibility index (Phi) is 7.15. The summed E-state index contributed by atoms with van der Waals surface area (Å²) in [6, 6.07) is 0.0469. The highest BCUT2D eigenvalue weighted by molar-refractivity contribution is 5.78. The van der Waals surface area contributed by atoms with E-state index >= 15 is 0 Å². The molecule has 5 nitrogen and oxygen atoms in total. The number of piperidine rings is 1. The number of carbonyl (C=O) groups is 2. The third-order valence-electron chi connectivity index (χ3n) is 4.09. The summed E-state index contributed by atoms with van der Waals surface area (Å²) >= 11 is 0. The van der Waals surface area contributed by atoms with Crippen molar-refractivity contribution in [1.29, 1.82) is 0 Å². The molecule has 0 aliphatic carbocycles. The zero-order valence-electron chi connectivity index (χ0n) is 13.7. The maximum absolute atomic E-state index is 12.4. The molecule has 1 rings (SSSR count). The number of nitrogens with one attached hydrogen (secondary N) is 1. The van der Waals surface area contributed by atoms with Gasteiger partial charge in [0.2, 0.25) is 11.8 Å². The second-order valence-corrected chi connectivity index (χ2v) is 6.28. The van der Waals surface area contributed by atoms with Crippen LogP contribution < -0.4 is 5.32 Å². The maximum atomic E-state index is 12.4. The van der Waals surface area contributed by atoms with Crippen LogP contribution in [0, 0.1) is 0 Å². The van der Waals surface area contributed by atoms with Gasteiger partial charge in [-0.2, -0.15) is 0 Å². The van der Waals surface area contributed by atoms with Crippen molar-refractivity contribution in [2.45, 2.75) is 77.4 Å². The van der Waals surface area contributed by atoms with E-state index in [0.717, 1.165) is 32.2 Å². The third-order valence-corrected chi connectivity index (χ3v) is 4.09. The average molecular weight is 298 g/mol. The predicted octanol–water partition coefficient (Wildman–Crippen LogP) is 1.83. The van der Waals surface area contributed by atoms with Crippen LogP contribution in [0.15, 0.2) is 0 Å². The van der Waals surface area contributed by atoms with Crippen LogP contribution in [-0.4, -0.2) is 46.6 Å². The summed E-state index contributed by atoms with van der Waals surface area (Å²) in [5.74, 6) is -0.0442. The number of likely N-dealkylation sites (tertiary alicyclic amines) is 1. The van der Waals surface area contributed by atoms with Gasteiger partial charge in [0, 0.05) is 26.1 Å². The number of aliphatic hydroxyl groups is 1. The summed E-state index contributed by atoms with van der Waals surface area (Å²) in [7, 11) is 0. The molecule has 1 fully saturated rings. The SMILES string of the molecule is CCCC(O)(CCC)CC(=O)N1CCCC(NC(C)=O)C1. The summed E-state index contributed by atoms with van der Waals surface area (Å²) in [4.78, 5) is 25.4. The number of hydrogen-bond donors (Lipinski definition) is 2. The monoisotopic (exact) mass is 298 g/mol. The third kappa shape index (κ3) is 6.04. The predicted molar refractivity (Wildman–Crippen MR) is 82.8 cm³/mol. The van der Waals surface area contributed by atoms with Crippen LogP contribution in [0.25, 0.3) is 0 Å². The van der Waals surface area contributed by atoms with Gasteiger partial charge in [-0.25, -0.2) is 0 Å². The van der Waals surface area contributed by atoms with Crippen LogP contribution in [0.2, 0.25) is 0 Å². The minimum absolute atomic E-state index is 0.00875. The molecule has 122 valence electrons. The molecule has 1 unspecified atom stereocenters. The number of rotatable bonds is 7. The fraction of sp³-hybridized carbons (Fsp3) is 0.875. The highest BCUT2D eigenvalue weighted by Gasteiger charge is 2.32. The van der Waals surface area contributed by atoms with E-state index in [1.54, 1.807) is 4.90 Å². The summed E-state index contributed by atoms with van der Waals surface area (Å²) in [6.07, 6.45) is 5.08. The second-order valence-electron chi connectivity index (χ2n) is 6.28. The van der Waals surface area contributed by atoms with Crippen molar-refractivity contribution in [3.05, 3.63) is 0 Å². The van der Waals surface area contributed by atoms with Crippen LogP contribution in [-0.2, 0) is 9.59 Å².